The van der Waals surface area contributed by atoms with Gasteiger partial charge in [-0.15, -0.1) is 11.3 Å². The van der Waals surface area contributed by atoms with Crippen LogP contribution in [-0.4, -0.2) is 33.4 Å². The second-order valence-electron chi connectivity index (χ2n) is 3.63. The zero-order valence-electron chi connectivity index (χ0n) is 9.86. The molecule has 1 aromatic rings. The molecule has 92 valence electrons. The minimum atomic E-state index is -3.27. The third kappa shape index (κ3) is 3.04. The normalized spacial score (nSPS) is 12.2. The van der Waals surface area contributed by atoms with E-state index in [1.54, 1.807) is 13.1 Å². The molecule has 0 aliphatic heterocycles. The number of hydrogen-bond donors (Lipinski definition) is 1. The van der Waals surface area contributed by atoms with Crippen molar-refractivity contribution in [2.24, 2.45) is 0 Å². The van der Waals surface area contributed by atoms with Crippen molar-refractivity contribution in [3.63, 3.8) is 0 Å². The Morgan fingerprint density at radius 3 is 2.75 bits per heavy atom. The summed E-state index contributed by atoms with van der Waals surface area (Å²) >= 11 is 1.28. The van der Waals surface area contributed by atoms with E-state index in [1.807, 2.05) is 19.4 Å². The minimum absolute atomic E-state index is 0.425. The Morgan fingerprint density at radius 1 is 1.50 bits per heavy atom. The summed E-state index contributed by atoms with van der Waals surface area (Å²) in [5.74, 6) is 0. The van der Waals surface area contributed by atoms with Crippen LogP contribution in [0.3, 0.4) is 0 Å². The second kappa shape index (κ2) is 5.77. The zero-order chi connectivity index (χ0) is 12.2. The van der Waals surface area contributed by atoms with Crippen LogP contribution in [0.4, 0.5) is 0 Å². The van der Waals surface area contributed by atoms with Gasteiger partial charge in [0.1, 0.15) is 4.21 Å². The third-order valence-electron chi connectivity index (χ3n) is 2.21. The summed E-state index contributed by atoms with van der Waals surface area (Å²) in [5.41, 5.74) is 1.01. The Labute approximate surface area is 101 Å². The van der Waals surface area contributed by atoms with Gasteiger partial charge in [0.05, 0.1) is 0 Å². The molecule has 1 rings (SSSR count). The molecule has 16 heavy (non-hydrogen) atoms. The van der Waals surface area contributed by atoms with Gasteiger partial charge in [-0.2, -0.15) is 0 Å². The number of sulfonamides is 1. The molecule has 6 heteroatoms. The molecule has 0 atom stereocenters. The van der Waals surface area contributed by atoms with Gasteiger partial charge < -0.3 is 5.32 Å². The molecule has 0 spiro atoms. The van der Waals surface area contributed by atoms with Crippen LogP contribution in [0.2, 0.25) is 0 Å². The van der Waals surface area contributed by atoms with Gasteiger partial charge in [0.25, 0.3) is 10.0 Å². The van der Waals surface area contributed by atoms with Crippen LogP contribution < -0.4 is 5.32 Å². The lowest BCUT2D eigenvalue weighted by Crippen LogP contribution is -2.26. The molecule has 0 fully saturated rings. The maximum absolute atomic E-state index is 12.1. The Hall–Kier alpha value is -0.430. The fourth-order valence-corrected chi connectivity index (χ4v) is 4.06. The lowest BCUT2D eigenvalue weighted by Gasteiger charge is -2.14. The number of thiophene rings is 1. The number of hydrogen-bond acceptors (Lipinski definition) is 4. The van der Waals surface area contributed by atoms with Crippen LogP contribution in [0, 0.1) is 0 Å². The molecule has 0 unspecified atom stereocenters. The van der Waals surface area contributed by atoms with Gasteiger partial charge in [0.2, 0.25) is 0 Å². The van der Waals surface area contributed by atoms with E-state index >= 15 is 0 Å². The quantitative estimate of drug-likeness (QED) is 0.845. The van der Waals surface area contributed by atoms with Crippen LogP contribution in [-0.2, 0) is 16.6 Å². The van der Waals surface area contributed by atoms with Gasteiger partial charge in [-0.05, 0) is 30.5 Å². The Bertz CT molecular complexity index is 426. The molecule has 1 aromatic heterocycles. The molecule has 0 aromatic carbocycles. The van der Waals surface area contributed by atoms with E-state index in [0.717, 1.165) is 12.0 Å². The van der Waals surface area contributed by atoms with Crippen molar-refractivity contribution < 1.29 is 8.42 Å². The highest BCUT2D eigenvalue weighted by molar-refractivity contribution is 7.91. The first-order chi connectivity index (χ1) is 7.52. The first kappa shape index (κ1) is 13.6. The Kier molecular flexibility index (Phi) is 4.91. The van der Waals surface area contributed by atoms with E-state index < -0.39 is 10.0 Å². The monoisotopic (exact) mass is 262 g/mol. The third-order valence-corrected chi connectivity index (χ3v) is 5.53. The van der Waals surface area contributed by atoms with Gasteiger partial charge in [-0.3, -0.25) is 0 Å². The van der Waals surface area contributed by atoms with Gasteiger partial charge >= 0.3 is 0 Å². The SMILES string of the molecule is CCCN(C)S(=O)(=O)c1cc(CNC)cs1. The molecular formula is C10H18N2O2S2. The van der Waals surface area contributed by atoms with Crippen molar-refractivity contribution in [3.05, 3.63) is 17.0 Å². The van der Waals surface area contributed by atoms with Crippen LogP contribution in [0.5, 0.6) is 0 Å². The van der Waals surface area contributed by atoms with Crippen molar-refractivity contribution >= 4 is 21.4 Å². The van der Waals surface area contributed by atoms with Gasteiger partial charge in [0, 0.05) is 20.1 Å². The smallest absolute Gasteiger partial charge is 0.252 e. The van der Waals surface area contributed by atoms with Crippen molar-refractivity contribution in [3.8, 4) is 0 Å². The second-order valence-corrected chi connectivity index (χ2v) is 6.81. The first-order valence-corrected chi connectivity index (χ1v) is 7.52. The summed E-state index contributed by atoms with van der Waals surface area (Å²) in [6.45, 7) is 3.22. The topological polar surface area (TPSA) is 49.4 Å². The molecule has 1 N–H and O–H groups in total. The molecule has 1 heterocycles. The summed E-state index contributed by atoms with van der Waals surface area (Å²) in [6.07, 6.45) is 0.824. The highest BCUT2D eigenvalue weighted by Crippen LogP contribution is 2.23. The van der Waals surface area contributed by atoms with E-state index in [4.69, 9.17) is 0 Å². The number of nitrogens with zero attached hydrogens (tertiary/aromatic N) is 1. The molecule has 0 aliphatic rings. The maximum Gasteiger partial charge on any atom is 0.252 e. The van der Waals surface area contributed by atoms with Crippen LogP contribution in [0.1, 0.15) is 18.9 Å². The average molecular weight is 262 g/mol. The van der Waals surface area contributed by atoms with Crippen LogP contribution in [0.25, 0.3) is 0 Å². The number of nitrogens with one attached hydrogen (secondary N) is 1. The van der Waals surface area contributed by atoms with Crippen LogP contribution in [0.15, 0.2) is 15.7 Å². The molecule has 0 saturated carbocycles. The van der Waals surface area contributed by atoms with Crippen molar-refractivity contribution in [2.75, 3.05) is 20.6 Å². The molecule has 0 aliphatic carbocycles. The van der Waals surface area contributed by atoms with Gasteiger partial charge in [-0.1, -0.05) is 6.92 Å². The summed E-state index contributed by atoms with van der Waals surface area (Å²) < 4.78 is 25.9. The lowest BCUT2D eigenvalue weighted by molar-refractivity contribution is 0.470. The van der Waals surface area contributed by atoms with E-state index in [0.29, 0.717) is 17.3 Å². The summed E-state index contributed by atoms with van der Waals surface area (Å²) in [4.78, 5) is 0. The van der Waals surface area contributed by atoms with Crippen molar-refractivity contribution in [1.82, 2.24) is 9.62 Å². The molecule has 0 bridgehead atoms. The Morgan fingerprint density at radius 2 is 2.19 bits per heavy atom. The predicted octanol–water partition coefficient (Wildman–Crippen LogP) is 1.50. The van der Waals surface area contributed by atoms with E-state index in [9.17, 15) is 8.42 Å². The van der Waals surface area contributed by atoms with Crippen molar-refractivity contribution in [2.45, 2.75) is 24.1 Å². The van der Waals surface area contributed by atoms with Gasteiger partial charge in [-0.25, -0.2) is 12.7 Å². The fourth-order valence-electron chi connectivity index (χ4n) is 1.37. The molecule has 0 radical (unpaired) electrons. The maximum atomic E-state index is 12.1. The molecule has 0 amide bonds. The summed E-state index contributed by atoms with van der Waals surface area (Å²) in [7, 11) is 0.189. The van der Waals surface area contributed by atoms with Crippen LogP contribution >= 0.6 is 11.3 Å². The number of rotatable bonds is 6. The average Bonchev–Trinajstić information content (AvgIpc) is 2.68. The molecular weight excluding hydrogens is 244 g/mol. The standard InChI is InChI=1S/C10H18N2O2S2/c1-4-5-12(3)16(13,14)10-6-9(7-11-2)8-15-10/h6,8,11H,4-5,7H2,1-3H3. The summed E-state index contributed by atoms with van der Waals surface area (Å²) in [5, 5.41) is 4.88. The van der Waals surface area contributed by atoms with E-state index in [-0.39, 0.29) is 0 Å². The van der Waals surface area contributed by atoms with Gasteiger partial charge in [0.15, 0.2) is 0 Å². The summed E-state index contributed by atoms with van der Waals surface area (Å²) in [6, 6.07) is 1.74. The van der Waals surface area contributed by atoms with E-state index in [1.165, 1.54) is 15.6 Å². The fraction of sp³-hybridized carbons (Fsp3) is 0.600. The highest BCUT2D eigenvalue weighted by atomic mass is 32.2. The zero-order valence-corrected chi connectivity index (χ0v) is 11.5. The highest BCUT2D eigenvalue weighted by Gasteiger charge is 2.21. The first-order valence-electron chi connectivity index (χ1n) is 5.20. The molecule has 0 saturated heterocycles. The Balaban J connectivity index is 2.89. The molecule has 4 nitrogen and oxygen atoms in total. The van der Waals surface area contributed by atoms with Crippen molar-refractivity contribution in [1.29, 1.82) is 0 Å². The predicted molar refractivity (Wildman–Crippen MR) is 67.2 cm³/mol. The minimum Gasteiger partial charge on any atom is -0.316 e. The lowest BCUT2D eigenvalue weighted by atomic mass is 10.3. The van der Waals surface area contributed by atoms with E-state index in [2.05, 4.69) is 5.32 Å². The largest absolute Gasteiger partial charge is 0.316 e.